The molecule has 2 rings (SSSR count). The van der Waals surface area contributed by atoms with E-state index in [1.54, 1.807) is 13.0 Å². The van der Waals surface area contributed by atoms with Gasteiger partial charge in [-0.25, -0.2) is 9.18 Å². The molecule has 1 fully saturated rings. The van der Waals surface area contributed by atoms with E-state index in [1.807, 2.05) is 0 Å². The van der Waals surface area contributed by atoms with Crippen LogP contribution >= 0.6 is 0 Å². The Hall–Kier alpha value is -1.91. The molecule has 1 aromatic rings. The normalized spacial score (nSPS) is 17.4. The Morgan fingerprint density at radius 3 is 2.40 bits per heavy atom. The quantitative estimate of drug-likeness (QED) is 0.901. The number of hydrogen-bond donors (Lipinski definition) is 1. The predicted octanol–water partition coefficient (Wildman–Crippen LogP) is 2.53. The van der Waals surface area contributed by atoms with Gasteiger partial charge in [-0.3, -0.25) is 4.79 Å². The Bertz CT molecular complexity index is 542. The van der Waals surface area contributed by atoms with E-state index in [1.165, 1.54) is 30.0 Å². The molecule has 1 unspecified atom stereocenters. The second-order valence-corrected chi connectivity index (χ2v) is 5.12. The molecule has 1 aromatic carbocycles. The molecule has 0 aromatic heterocycles. The van der Waals surface area contributed by atoms with E-state index >= 15 is 0 Å². The Balaban J connectivity index is 2.64. The monoisotopic (exact) mass is 279 g/mol. The Morgan fingerprint density at radius 2 is 2.00 bits per heavy atom. The Morgan fingerprint density at radius 1 is 1.40 bits per heavy atom. The molecule has 20 heavy (non-hydrogen) atoms. The molecular formula is C15H18FNO3. The molecule has 5 heteroatoms. The lowest BCUT2D eigenvalue weighted by Gasteiger charge is -2.40. The molecule has 108 valence electrons. The number of halogens is 1. The minimum Gasteiger partial charge on any atom is -0.479 e. The summed E-state index contributed by atoms with van der Waals surface area (Å²) in [6, 6.07) is 5.68. The van der Waals surface area contributed by atoms with Crippen LogP contribution in [0.4, 0.5) is 4.39 Å². The van der Waals surface area contributed by atoms with Crippen LogP contribution in [0.5, 0.6) is 0 Å². The van der Waals surface area contributed by atoms with Crippen molar-refractivity contribution in [3.63, 3.8) is 0 Å². The number of rotatable bonds is 5. The van der Waals surface area contributed by atoms with Crippen molar-refractivity contribution in [1.82, 2.24) is 4.90 Å². The highest BCUT2D eigenvalue weighted by Crippen LogP contribution is 2.42. The van der Waals surface area contributed by atoms with Gasteiger partial charge in [0.25, 0.3) is 0 Å². The molecule has 1 atom stereocenters. The third-order valence-electron chi connectivity index (χ3n) is 3.85. The topological polar surface area (TPSA) is 57.6 Å². The van der Waals surface area contributed by atoms with Gasteiger partial charge in [0.05, 0.1) is 0 Å². The summed E-state index contributed by atoms with van der Waals surface area (Å²) in [6.45, 7) is 3.01. The summed E-state index contributed by atoms with van der Waals surface area (Å²) in [4.78, 5) is 25.2. The lowest BCUT2D eigenvalue weighted by atomic mass is 9.84. The first kappa shape index (κ1) is 14.5. The van der Waals surface area contributed by atoms with Crippen molar-refractivity contribution in [2.75, 3.05) is 0 Å². The summed E-state index contributed by atoms with van der Waals surface area (Å²) in [5.74, 6) is -2.11. The zero-order valence-electron chi connectivity index (χ0n) is 11.6. The van der Waals surface area contributed by atoms with Crippen molar-refractivity contribution in [2.24, 2.45) is 0 Å². The Kier molecular flexibility index (Phi) is 3.79. The van der Waals surface area contributed by atoms with Crippen molar-refractivity contribution in [3.05, 3.63) is 35.6 Å². The first-order chi connectivity index (χ1) is 9.45. The first-order valence-corrected chi connectivity index (χ1v) is 6.73. The molecule has 0 spiro atoms. The van der Waals surface area contributed by atoms with Crippen LogP contribution in [-0.2, 0) is 15.1 Å². The lowest BCUT2D eigenvalue weighted by molar-refractivity contribution is -0.161. The number of carbonyl (C=O) groups excluding carboxylic acids is 1. The van der Waals surface area contributed by atoms with Crippen LogP contribution in [0.3, 0.4) is 0 Å². The van der Waals surface area contributed by atoms with E-state index in [2.05, 4.69) is 0 Å². The van der Waals surface area contributed by atoms with Crippen LogP contribution in [0.15, 0.2) is 24.3 Å². The van der Waals surface area contributed by atoms with Crippen molar-refractivity contribution in [3.8, 4) is 0 Å². The number of benzene rings is 1. The molecular weight excluding hydrogens is 261 g/mol. The fourth-order valence-electron chi connectivity index (χ4n) is 2.83. The summed E-state index contributed by atoms with van der Waals surface area (Å²) in [7, 11) is 0. The molecule has 1 amide bonds. The molecule has 0 bridgehead atoms. The molecule has 1 aliphatic carbocycles. The second-order valence-electron chi connectivity index (χ2n) is 5.12. The fraction of sp³-hybridized carbons (Fsp3) is 0.467. The largest absolute Gasteiger partial charge is 0.479 e. The van der Waals surface area contributed by atoms with Crippen molar-refractivity contribution < 1.29 is 19.1 Å². The summed E-state index contributed by atoms with van der Waals surface area (Å²) in [5, 5.41) is 9.74. The zero-order valence-corrected chi connectivity index (χ0v) is 11.6. The van der Waals surface area contributed by atoms with Gasteiger partial charge in [-0.05, 0) is 25.3 Å². The number of aliphatic carboxylic acids is 1. The van der Waals surface area contributed by atoms with Crippen LogP contribution in [0, 0.1) is 5.82 Å². The van der Waals surface area contributed by atoms with E-state index in [4.69, 9.17) is 0 Å². The van der Waals surface area contributed by atoms with Gasteiger partial charge >= 0.3 is 5.97 Å². The maximum absolute atomic E-state index is 14.1. The molecule has 1 saturated carbocycles. The summed E-state index contributed by atoms with van der Waals surface area (Å²) in [6.07, 6.45) is 1.66. The average Bonchev–Trinajstić information content (AvgIpc) is 3.20. The van der Waals surface area contributed by atoms with Crippen LogP contribution in [0.1, 0.15) is 38.7 Å². The number of carboxylic acid groups (broad SMARTS) is 1. The number of hydrogen-bond acceptors (Lipinski definition) is 2. The molecule has 4 nitrogen and oxygen atoms in total. The van der Waals surface area contributed by atoms with Gasteiger partial charge in [-0.15, -0.1) is 0 Å². The van der Waals surface area contributed by atoms with E-state index < -0.39 is 17.3 Å². The molecule has 1 aliphatic rings. The summed E-state index contributed by atoms with van der Waals surface area (Å²) < 4.78 is 14.1. The van der Waals surface area contributed by atoms with E-state index in [9.17, 15) is 19.1 Å². The second kappa shape index (κ2) is 5.23. The number of carboxylic acids is 1. The Labute approximate surface area is 117 Å². The SMILES string of the molecule is CCC(C(=O)O)(c1ccccc1F)N(C(C)=O)C1CC1. The maximum atomic E-state index is 14.1. The summed E-state index contributed by atoms with van der Waals surface area (Å²) in [5.41, 5.74) is -1.57. The smallest absolute Gasteiger partial charge is 0.334 e. The van der Waals surface area contributed by atoms with Gasteiger partial charge in [0.1, 0.15) is 5.82 Å². The molecule has 0 saturated heterocycles. The van der Waals surface area contributed by atoms with Crippen LogP contribution in [0.25, 0.3) is 0 Å². The van der Waals surface area contributed by atoms with Gasteiger partial charge in [0.2, 0.25) is 5.91 Å². The van der Waals surface area contributed by atoms with Crippen molar-refractivity contribution in [1.29, 1.82) is 0 Å². The van der Waals surface area contributed by atoms with Crippen molar-refractivity contribution in [2.45, 2.75) is 44.7 Å². The van der Waals surface area contributed by atoms with Gasteiger partial charge in [0, 0.05) is 18.5 Å². The highest BCUT2D eigenvalue weighted by atomic mass is 19.1. The van der Waals surface area contributed by atoms with Crippen molar-refractivity contribution >= 4 is 11.9 Å². The number of amides is 1. The van der Waals surface area contributed by atoms with Crippen LogP contribution in [-0.4, -0.2) is 27.9 Å². The van der Waals surface area contributed by atoms with Gasteiger partial charge in [-0.2, -0.15) is 0 Å². The standard InChI is InChI=1S/C15H18FNO3/c1-3-15(14(19)20,12-6-4-5-7-13(12)16)17(10(2)18)11-8-9-11/h4-7,11H,3,8-9H2,1-2H3,(H,19,20). The molecule has 0 heterocycles. The molecule has 0 radical (unpaired) electrons. The highest BCUT2D eigenvalue weighted by Gasteiger charge is 2.52. The van der Waals surface area contributed by atoms with Gasteiger partial charge < -0.3 is 10.0 Å². The number of nitrogens with zero attached hydrogens (tertiary/aromatic N) is 1. The summed E-state index contributed by atoms with van der Waals surface area (Å²) >= 11 is 0. The highest BCUT2D eigenvalue weighted by molar-refractivity contribution is 5.88. The first-order valence-electron chi connectivity index (χ1n) is 6.73. The van der Waals surface area contributed by atoms with Crippen LogP contribution < -0.4 is 0 Å². The minimum absolute atomic E-state index is 0.0529. The van der Waals surface area contributed by atoms with E-state index in [0.717, 1.165) is 12.8 Å². The fourth-order valence-corrected chi connectivity index (χ4v) is 2.83. The third-order valence-corrected chi connectivity index (χ3v) is 3.85. The predicted molar refractivity (Wildman–Crippen MR) is 71.5 cm³/mol. The van der Waals surface area contributed by atoms with E-state index in [0.29, 0.717) is 0 Å². The number of carbonyl (C=O) groups is 2. The molecule has 1 N–H and O–H groups in total. The van der Waals surface area contributed by atoms with E-state index in [-0.39, 0.29) is 23.9 Å². The minimum atomic E-state index is -1.63. The maximum Gasteiger partial charge on any atom is 0.334 e. The van der Waals surface area contributed by atoms with Crippen LogP contribution in [0.2, 0.25) is 0 Å². The third kappa shape index (κ3) is 2.17. The van der Waals surface area contributed by atoms with Gasteiger partial charge in [-0.1, -0.05) is 25.1 Å². The molecule has 0 aliphatic heterocycles. The zero-order chi connectivity index (χ0) is 14.9. The van der Waals surface area contributed by atoms with Gasteiger partial charge in [0.15, 0.2) is 5.54 Å². The average molecular weight is 279 g/mol. The lowest BCUT2D eigenvalue weighted by Crippen LogP contribution is -2.55.